The Hall–Kier alpha value is -1.74. The molecule has 0 spiro atoms. The van der Waals surface area contributed by atoms with Crippen molar-refractivity contribution in [1.29, 1.82) is 0 Å². The summed E-state index contributed by atoms with van der Waals surface area (Å²) in [5.74, 6) is 1.23. The molecule has 140 valence electrons. The predicted molar refractivity (Wildman–Crippen MR) is 95.6 cm³/mol. The SMILES string of the molecule is COC(c1ccccc1)c1nc2c(o1)CCN(S(=O)(=O)N1CCCC1)C2. The van der Waals surface area contributed by atoms with Gasteiger partial charge in [0.15, 0.2) is 6.10 Å². The number of methoxy groups -OCH3 is 1. The van der Waals surface area contributed by atoms with Crippen molar-refractivity contribution in [1.82, 2.24) is 13.6 Å². The highest BCUT2D eigenvalue weighted by atomic mass is 32.2. The van der Waals surface area contributed by atoms with Gasteiger partial charge in [0.2, 0.25) is 5.89 Å². The summed E-state index contributed by atoms with van der Waals surface area (Å²) in [5.41, 5.74) is 1.64. The van der Waals surface area contributed by atoms with E-state index in [4.69, 9.17) is 9.15 Å². The lowest BCUT2D eigenvalue weighted by atomic mass is 10.1. The third-order valence-corrected chi connectivity index (χ3v) is 6.97. The van der Waals surface area contributed by atoms with E-state index in [2.05, 4.69) is 4.98 Å². The van der Waals surface area contributed by atoms with Gasteiger partial charge in [0.25, 0.3) is 10.2 Å². The third kappa shape index (κ3) is 3.18. The highest BCUT2D eigenvalue weighted by Crippen LogP contribution is 2.30. The number of oxazole rings is 1. The predicted octanol–water partition coefficient (Wildman–Crippen LogP) is 2.11. The van der Waals surface area contributed by atoms with Crippen LogP contribution < -0.4 is 0 Å². The van der Waals surface area contributed by atoms with E-state index in [-0.39, 0.29) is 6.54 Å². The quantitative estimate of drug-likeness (QED) is 0.798. The van der Waals surface area contributed by atoms with Crippen LogP contribution in [0.15, 0.2) is 34.7 Å². The summed E-state index contributed by atoms with van der Waals surface area (Å²) in [6.45, 7) is 1.89. The Morgan fingerprint density at radius 3 is 2.54 bits per heavy atom. The van der Waals surface area contributed by atoms with E-state index in [9.17, 15) is 8.42 Å². The van der Waals surface area contributed by atoms with E-state index in [1.54, 1.807) is 11.4 Å². The molecule has 1 aromatic carbocycles. The smallest absolute Gasteiger partial charge is 0.282 e. The largest absolute Gasteiger partial charge is 0.442 e. The van der Waals surface area contributed by atoms with Gasteiger partial charge in [-0.2, -0.15) is 17.0 Å². The van der Waals surface area contributed by atoms with Crippen LogP contribution in [0.25, 0.3) is 0 Å². The third-order valence-electron chi connectivity index (χ3n) is 4.99. The first kappa shape index (κ1) is 17.7. The molecule has 7 nitrogen and oxygen atoms in total. The molecule has 1 aromatic heterocycles. The Bertz CT molecular complexity index is 860. The zero-order valence-electron chi connectivity index (χ0n) is 14.8. The zero-order chi connectivity index (χ0) is 18.1. The molecule has 4 rings (SSSR count). The van der Waals surface area contributed by atoms with Crippen LogP contribution in [-0.4, -0.2) is 48.8 Å². The summed E-state index contributed by atoms with van der Waals surface area (Å²) in [4.78, 5) is 4.57. The van der Waals surface area contributed by atoms with Crippen molar-refractivity contribution in [3.05, 3.63) is 53.2 Å². The molecule has 0 amide bonds. The van der Waals surface area contributed by atoms with Crippen LogP contribution in [0.1, 0.15) is 41.9 Å². The Labute approximate surface area is 153 Å². The number of hydrogen-bond donors (Lipinski definition) is 0. The number of ether oxygens (including phenoxy) is 1. The first-order valence-corrected chi connectivity index (χ1v) is 10.3. The Morgan fingerprint density at radius 2 is 1.85 bits per heavy atom. The average molecular weight is 377 g/mol. The lowest BCUT2D eigenvalue weighted by molar-refractivity contribution is 0.110. The van der Waals surface area contributed by atoms with Gasteiger partial charge in [-0.25, -0.2) is 4.98 Å². The molecular formula is C18H23N3O4S. The fourth-order valence-electron chi connectivity index (χ4n) is 3.59. The highest BCUT2D eigenvalue weighted by Gasteiger charge is 2.36. The highest BCUT2D eigenvalue weighted by molar-refractivity contribution is 7.86. The summed E-state index contributed by atoms with van der Waals surface area (Å²) in [7, 11) is -1.80. The van der Waals surface area contributed by atoms with Crippen LogP contribution in [-0.2, 0) is 27.9 Å². The van der Waals surface area contributed by atoms with Crippen molar-refractivity contribution in [2.24, 2.45) is 0 Å². The molecule has 3 heterocycles. The van der Waals surface area contributed by atoms with Gasteiger partial charge in [-0.1, -0.05) is 30.3 Å². The summed E-state index contributed by atoms with van der Waals surface area (Å²) >= 11 is 0. The molecule has 26 heavy (non-hydrogen) atoms. The molecule has 2 aliphatic rings. The number of rotatable bonds is 5. The van der Waals surface area contributed by atoms with E-state index in [1.807, 2.05) is 30.3 Å². The lowest BCUT2D eigenvalue weighted by Gasteiger charge is -2.28. The molecular weight excluding hydrogens is 354 g/mol. The second-order valence-electron chi connectivity index (χ2n) is 6.65. The van der Waals surface area contributed by atoms with Crippen LogP contribution in [0.5, 0.6) is 0 Å². The van der Waals surface area contributed by atoms with Gasteiger partial charge in [-0.15, -0.1) is 0 Å². The van der Waals surface area contributed by atoms with E-state index >= 15 is 0 Å². The number of fused-ring (bicyclic) bond motifs is 1. The molecule has 0 N–H and O–H groups in total. The van der Waals surface area contributed by atoms with Crippen LogP contribution in [0.2, 0.25) is 0 Å². The molecule has 1 fully saturated rings. The molecule has 1 saturated heterocycles. The molecule has 8 heteroatoms. The van der Waals surface area contributed by atoms with Crippen molar-refractivity contribution in [2.75, 3.05) is 26.7 Å². The Balaban J connectivity index is 1.57. The van der Waals surface area contributed by atoms with E-state index in [1.165, 1.54) is 4.31 Å². The summed E-state index contributed by atoms with van der Waals surface area (Å²) in [6, 6.07) is 9.74. The summed E-state index contributed by atoms with van der Waals surface area (Å²) in [5, 5.41) is 0. The van der Waals surface area contributed by atoms with Crippen molar-refractivity contribution in [2.45, 2.75) is 31.9 Å². The van der Waals surface area contributed by atoms with Gasteiger partial charge >= 0.3 is 0 Å². The number of hydrogen-bond acceptors (Lipinski definition) is 5. The maximum atomic E-state index is 12.8. The number of aromatic nitrogens is 1. The van der Waals surface area contributed by atoms with Gasteiger partial charge in [0.1, 0.15) is 5.76 Å². The van der Waals surface area contributed by atoms with Crippen molar-refractivity contribution in [3.8, 4) is 0 Å². The molecule has 1 atom stereocenters. The van der Waals surface area contributed by atoms with Gasteiger partial charge in [0, 0.05) is 33.2 Å². The summed E-state index contributed by atoms with van der Waals surface area (Å²) < 4.78 is 40.2. The van der Waals surface area contributed by atoms with Gasteiger partial charge in [-0.05, 0) is 18.4 Å². The monoisotopic (exact) mass is 377 g/mol. The minimum absolute atomic E-state index is 0.253. The van der Waals surface area contributed by atoms with Gasteiger partial charge < -0.3 is 9.15 Å². The van der Waals surface area contributed by atoms with Crippen LogP contribution in [0.3, 0.4) is 0 Å². The number of benzene rings is 1. The van der Waals surface area contributed by atoms with Crippen molar-refractivity contribution in [3.63, 3.8) is 0 Å². The minimum Gasteiger partial charge on any atom is -0.442 e. The zero-order valence-corrected chi connectivity index (χ0v) is 15.6. The second kappa shape index (κ2) is 7.11. The fraction of sp³-hybridized carbons (Fsp3) is 0.500. The van der Waals surface area contributed by atoms with E-state index < -0.39 is 16.3 Å². The number of nitrogens with zero attached hydrogens (tertiary/aromatic N) is 3. The summed E-state index contributed by atoms with van der Waals surface area (Å²) in [6.07, 6.45) is 1.99. The molecule has 0 radical (unpaired) electrons. The molecule has 0 bridgehead atoms. The second-order valence-corrected chi connectivity index (χ2v) is 8.57. The lowest BCUT2D eigenvalue weighted by Crippen LogP contribution is -2.44. The molecule has 1 unspecified atom stereocenters. The Morgan fingerprint density at radius 1 is 1.12 bits per heavy atom. The van der Waals surface area contributed by atoms with Crippen molar-refractivity contribution >= 4 is 10.2 Å². The normalized spacial score (nSPS) is 20.2. The topological polar surface area (TPSA) is 75.9 Å². The molecule has 0 aliphatic carbocycles. The van der Waals surface area contributed by atoms with Crippen LogP contribution >= 0.6 is 0 Å². The van der Waals surface area contributed by atoms with Gasteiger partial charge in [0.05, 0.1) is 12.2 Å². The maximum Gasteiger partial charge on any atom is 0.282 e. The first-order valence-electron chi connectivity index (χ1n) is 8.91. The standard InChI is InChI=1S/C18H23N3O4S/c1-24-17(14-7-3-2-4-8-14)18-19-15-13-21(12-9-16(15)25-18)26(22,23)20-10-5-6-11-20/h2-4,7-8,17H,5-6,9-13H2,1H3. The van der Waals surface area contributed by atoms with Crippen molar-refractivity contribution < 1.29 is 17.6 Å². The first-order chi connectivity index (χ1) is 12.6. The van der Waals surface area contributed by atoms with Crippen LogP contribution in [0, 0.1) is 0 Å². The molecule has 2 aromatic rings. The van der Waals surface area contributed by atoms with Gasteiger partial charge in [-0.3, -0.25) is 0 Å². The van der Waals surface area contributed by atoms with E-state index in [0.29, 0.717) is 37.6 Å². The minimum atomic E-state index is -3.42. The maximum absolute atomic E-state index is 12.8. The van der Waals surface area contributed by atoms with Crippen LogP contribution in [0.4, 0.5) is 0 Å². The van der Waals surface area contributed by atoms with E-state index in [0.717, 1.165) is 24.2 Å². The molecule has 2 aliphatic heterocycles. The average Bonchev–Trinajstić information content (AvgIpc) is 3.33. The fourth-order valence-corrected chi connectivity index (χ4v) is 5.25. The Kier molecular flexibility index (Phi) is 4.83. The molecule has 0 saturated carbocycles.